The highest BCUT2D eigenvalue weighted by Crippen LogP contribution is 2.09. The van der Waals surface area contributed by atoms with Crippen LogP contribution in [0.25, 0.3) is 0 Å². The minimum atomic E-state index is 0.610. The van der Waals surface area contributed by atoms with Crippen molar-refractivity contribution in [2.45, 2.75) is 12.6 Å². The van der Waals surface area contributed by atoms with Gasteiger partial charge in [-0.05, 0) is 12.6 Å². The van der Waals surface area contributed by atoms with E-state index in [1.807, 2.05) is 7.05 Å². The molecule has 3 heteroatoms. The lowest BCUT2D eigenvalue weighted by Crippen LogP contribution is -2.54. The molecule has 2 rings (SSSR count). The van der Waals surface area contributed by atoms with E-state index in [4.69, 9.17) is 0 Å². The fourth-order valence-electron chi connectivity index (χ4n) is 2.27. The SMILES string of the molecule is CNCC1CNCCN1Cc1ccccc1. The van der Waals surface area contributed by atoms with Crippen LogP contribution in [0.15, 0.2) is 30.3 Å². The Labute approximate surface area is 97.8 Å². The number of hydrogen-bond donors (Lipinski definition) is 2. The molecule has 0 aliphatic carbocycles. The second kappa shape index (κ2) is 5.99. The summed E-state index contributed by atoms with van der Waals surface area (Å²) in [6.07, 6.45) is 0. The van der Waals surface area contributed by atoms with Crippen molar-refractivity contribution in [3.63, 3.8) is 0 Å². The molecule has 1 aromatic rings. The van der Waals surface area contributed by atoms with E-state index in [0.717, 1.165) is 32.7 Å². The van der Waals surface area contributed by atoms with E-state index < -0.39 is 0 Å². The first kappa shape index (κ1) is 11.6. The Morgan fingerprint density at radius 3 is 2.94 bits per heavy atom. The molecular formula is C13H21N3. The third-order valence-electron chi connectivity index (χ3n) is 3.14. The summed E-state index contributed by atoms with van der Waals surface area (Å²) in [6, 6.07) is 11.3. The van der Waals surface area contributed by atoms with Crippen LogP contribution in [0.3, 0.4) is 0 Å². The van der Waals surface area contributed by atoms with E-state index >= 15 is 0 Å². The molecule has 1 unspecified atom stereocenters. The maximum absolute atomic E-state index is 3.45. The average Bonchev–Trinajstić information content (AvgIpc) is 2.33. The molecule has 0 saturated carbocycles. The number of rotatable bonds is 4. The minimum Gasteiger partial charge on any atom is -0.318 e. The number of nitrogens with one attached hydrogen (secondary N) is 2. The van der Waals surface area contributed by atoms with Gasteiger partial charge in [0.2, 0.25) is 0 Å². The maximum Gasteiger partial charge on any atom is 0.0349 e. The summed E-state index contributed by atoms with van der Waals surface area (Å²) < 4.78 is 0. The van der Waals surface area contributed by atoms with Crippen molar-refractivity contribution in [2.24, 2.45) is 0 Å². The second-order valence-corrected chi connectivity index (χ2v) is 4.37. The van der Waals surface area contributed by atoms with Crippen LogP contribution in [0.1, 0.15) is 5.56 Å². The summed E-state index contributed by atoms with van der Waals surface area (Å²) in [5.41, 5.74) is 1.41. The van der Waals surface area contributed by atoms with Crippen LogP contribution >= 0.6 is 0 Å². The van der Waals surface area contributed by atoms with Crippen molar-refractivity contribution in [3.05, 3.63) is 35.9 Å². The Bertz CT molecular complexity index is 297. The zero-order valence-corrected chi connectivity index (χ0v) is 9.95. The maximum atomic E-state index is 3.45. The Balaban J connectivity index is 1.96. The molecule has 1 aliphatic heterocycles. The molecule has 1 heterocycles. The predicted molar refractivity (Wildman–Crippen MR) is 67.4 cm³/mol. The van der Waals surface area contributed by atoms with Crippen molar-refractivity contribution in [2.75, 3.05) is 33.2 Å². The fourth-order valence-corrected chi connectivity index (χ4v) is 2.27. The van der Waals surface area contributed by atoms with Gasteiger partial charge in [-0.3, -0.25) is 4.90 Å². The van der Waals surface area contributed by atoms with Gasteiger partial charge in [-0.25, -0.2) is 0 Å². The van der Waals surface area contributed by atoms with Gasteiger partial charge in [0.15, 0.2) is 0 Å². The van der Waals surface area contributed by atoms with Gasteiger partial charge in [-0.15, -0.1) is 0 Å². The van der Waals surface area contributed by atoms with Crippen molar-refractivity contribution < 1.29 is 0 Å². The third-order valence-corrected chi connectivity index (χ3v) is 3.14. The van der Waals surface area contributed by atoms with Crippen LogP contribution in [-0.4, -0.2) is 44.2 Å². The quantitative estimate of drug-likeness (QED) is 0.780. The highest BCUT2D eigenvalue weighted by Gasteiger charge is 2.20. The highest BCUT2D eigenvalue weighted by molar-refractivity contribution is 5.14. The highest BCUT2D eigenvalue weighted by atomic mass is 15.2. The molecule has 2 N–H and O–H groups in total. The van der Waals surface area contributed by atoms with Crippen LogP contribution in [-0.2, 0) is 6.54 Å². The molecule has 1 aromatic carbocycles. The molecule has 0 amide bonds. The fraction of sp³-hybridized carbons (Fsp3) is 0.538. The van der Waals surface area contributed by atoms with Crippen LogP contribution in [0.5, 0.6) is 0 Å². The summed E-state index contributed by atoms with van der Waals surface area (Å²) in [6.45, 7) is 5.46. The molecule has 1 saturated heterocycles. The lowest BCUT2D eigenvalue weighted by atomic mass is 10.1. The van der Waals surface area contributed by atoms with Crippen LogP contribution in [0.2, 0.25) is 0 Å². The normalized spacial score (nSPS) is 22.2. The molecular weight excluding hydrogens is 198 g/mol. The smallest absolute Gasteiger partial charge is 0.0349 e. The average molecular weight is 219 g/mol. The van der Waals surface area contributed by atoms with Gasteiger partial charge < -0.3 is 10.6 Å². The number of benzene rings is 1. The minimum absolute atomic E-state index is 0.610. The zero-order valence-electron chi connectivity index (χ0n) is 9.95. The topological polar surface area (TPSA) is 27.3 Å². The molecule has 1 atom stereocenters. The molecule has 0 bridgehead atoms. The summed E-state index contributed by atoms with van der Waals surface area (Å²) in [7, 11) is 2.02. The number of likely N-dealkylation sites (N-methyl/N-ethyl adjacent to an activating group) is 1. The van der Waals surface area contributed by atoms with E-state index in [0.29, 0.717) is 6.04 Å². The van der Waals surface area contributed by atoms with Gasteiger partial charge in [0.05, 0.1) is 0 Å². The van der Waals surface area contributed by atoms with Gasteiger partial charge in [-0.1, -0.05) is 30.3 Å². The Morgan fingerprint density at radius 1 is 1.38 bits per heavy atom. The molecule has 16 heavy (non-hydrogen) atoms. The van der Waals surface area contributed by atoms with E-state index in [2.05, 4.69) is 45.9 Å². The molecule has 0 radical (unpaired) electrons. The van der Waals surface area contributed by atoms with Gasteiger partial charge in [0.1, 0.15) is 0 Å². The van der Waals surface area contributed by atoms with Gasteiger partial charge in [-0.2, -0.15) is 0 Å². The second-order valence-electron chi connectivity index (χ2n) is 4.37. The third kappa shape index (κ3) is 3.04. The van der Waals surface area contributed by atoms with Crippen molar-refractivity contribution in [1.82, 2.24) is 15.5 Å². The first-order valence-electron chi connectivity index (χ1n) is 6.03. The van der Waals surface area contributed by atoms with Gasteiger partial charge in [0, 0.05) is 38.8 Å². The van der Waals surface area contributed by atoms with E-state index in [1.165, 1.54) is 5.56 Å². The molecule has 1 aliphatic rings. The van der Waals surface area contributed by atoms with Gasteiger partial charge >= 0.3 is 0 Å². The summed E-state index contributed by atoms with van der Waals surface area (Å²) in [4.78, 5) is 2.56. The van der Waals surface area contributed by atoms with E-state index in [-0.39, 0.29) is 0 Å². The molecule has 3 nitrogen and oxygen atoms in total. The first-order valence-corrected chi connectivity index (χ1v) is 6.03. The Kier molecular flexibility index (Phi) is 4.34. The van der Waals surface area contributed by atoms with Gasteiger partial charge in [0.25, 0.3) is 0 Å². The van der Waals surface area contributed by atoms with Crippen molar-refractivity contribution >= 4 is 0 Å². The standard InChI is InChI=1S/C13H21N3/c1-14-9-13-10-15-7-8-16(13)11-12-5-3-2-4-6-12/h2-6,13-15H,7-11H2,1H3. The van der Waals surface area contributed by atoms with Crippen LogP contribution < -0.4 is 10.6 Å². The summed E-state index contributed by atoms with van der Waals surface area (Å²) in [5, 5.41) is 6.73. The Morgan fingerprint density at radius 2 is 2.19 bits per heavy atom. The van der Waals surface area contributed by atoms with E-state index in [1.54, 1.807) is 0 Å². The Hall–Kier alpha value is -0.900. The number of hydrogen-bond acceptors (Lipinski definition) is 3. The number of nitrogens with zero attached hydrogens (tertiary/aromatic N) is 1. The lowest BCUT2D eigenvalue weighted by molar-refractivity contribution is 0.152. The number of piperazine rings is 1. The first-order chi connectivity index (χ1) is 7.90. The monoisotopic (exact) mass is 219 g/mol. The largest absolute Gasteiger partial charge is 0.318 e. The van der Waals surface area contributed by atoms with Crippen LogP contribution in [0, 0.1) is 0 Å². The predicted octanol–water partition coefficient (Wildman–Crippen LogP) is 0.680. The summed E-state index contributed by atoms with van der Waals surface area (Å²) in [5.74, 6) is 0. The van der Waals surface area contributed by atoms with Crippen molar-refractivity contribution in [3.8, 4) is 0 Å². The summed E-state index contributed by atoms with van der Waals surface area (Å²) >= 11 is 0. The zero-order chi connectivity index (χ0) is 11.2. The molecule has 0 aromatic heterocycles. The van der Waals surface area contributed by atoms with E-state index in [9.17, 15) is 0 Å². The molecule has 0 spiro atoms. The van der Waals surface area contributed by atoms with Crippen molar-refractivity contribution in [1.29, 1.82) is 0 Å². The molecule has 88 valence electrons. The lowest BCUT2D eigenvalue weighted by Gasteiger charge is -2.36. The van der Waals surface area contributed by atoms with Crippen LogP contribution in [0.4, 0.5) is 0 Å². The molecule has 1 fully saturated rings.